The Morgan fingerprint density at radius 2 is 2.08 bits per heavy atom. The number of halogens is 1. The predicted molar refractivity (Wildman–Crippen MR) is 86.8 cm³/mol. The number of nitrogens with zero attached hydrogens (tertiary/aromatic N) is 2. The number of pyridine rings is 1. The maximum Gasteiger partial charge on any atom is 0.408 e. The molecule has 1 aliphatic heterocycles. The van der Waals surface area contributed by atoms with Gasteiger partial charge in [0.25, 0.3) is 0 Å². The average Bonchev–Trinajstić information content (AvgIpc) is 2.86. The summed E-state index contributed by atoms with van der Waals surface area (Å²) >= 11 is 0. The van der Waals surface area contributed by atoms with Crippen LogP contribution < -0.4 is 4.74 Å². The van der Waals surface area contributed by atoms with Crippen LogP contribution in [0.3, 0.4) is 0 Å². The number of amides is 1. The third-order valence-corrected chi connectivity index (χ3v) is 4.63. The first-order chi connectivity index (χ1) is 11.5. The fourth-order valence-electron chi connectivity index (χ4n) is 3.67. The molecule has 1 unspecified atom stereocenters. The smallest absolute Gasteiger partial charge is 0.408 e. The number of carbonyl (C=O) groups excluding carboxylic acids is 1. The van der Waals surface area contributed by atoms with Crippen LogP contribution in [0.1, 0.15) is 39.7 Å². The minimum Gasteiger partial charge on any atom is -0.481 e. The molecule has 0 aromatic carbocycles. The summed E-state index contributed by atoms with van der Waals surface area (Å²) in [5.74, 6) is -0.948. The molecule has 1 saturated heterocycles. The van der Waals surface area contributed by atoms with Crippen molar-refractivity contribution in [2.75, 3.05) is 13.7 Å². The summed E-state index contributed by atoms with van der Waals surface area (Å²) < 4.78 is 24.5. The Morgan fingerprint density at radius 1 is 1.44 bits per heavy atom. The fourth-order valence-corrected chi connectivity index (χ4v) is 3.67. The number of hydrogen-bond acceptors (Lipinski definition) is 5. The summed E-state index contributed by atoms with van der Waals surface area (Å²) in [5, 5.41) is 9.79. The van der Waals surface area contributed by atoms with Crippen molar-refractivity contribution in [2.45, 2.75) is 45.8 Å². The first-order valence-electron chi connectivity index (χ1n) is 7.90. The standard InChI is InChI=1S/C17H23FN2O5/c1-10(21)25-12-7-17(16(2,3)4,20(9-12)15(22)23)13-6-11(18)8-19-14(13)24-5/h6,8,12H,7,9H2,1-5H3,(H,22,23)/t12?,17-/m0/s1. The van der Waals surface area contributed by atoms with E-state index in [-0.39, 0.29) is 18.8 Å². The molecular weight excluding hydrogens is 331 g/mol. The summed E-state index contributed by atoms with van der Waals surface area (Å²) in [5.41, 5.74) is -1.50. The number of likely N-dealkylation sites (tertiary alicyclic amines) is 1. The third kappa shape index (κ3) is 3.25. The molecule has 138 valence electrons. The molecule has 1 aromatic heterocycles. The van der Waals surface area contributed by atoms with Crippen LogP contribution in [0, 0.1) is 11.2 Å². The molecule has 1 aromatic rings. The Bertz CT molecular complexity index is 688. The van der Waals surface area contributed by atoms with Crippen LogP contribution in [0.5, 0.6) is 5.88 Å². The van der Waals surface area contributed by atoms with E-state index < -0.39 is 34.9 Å². The lowest BCUT2D eigenvalue weighted by Crippen LogP contribution is -2.53. The number of aromatic nitrogens is 1. The first kappa shape index (κ1) is 19.0. The average molecular weight is 354 g/mol. The Labute approximate surface area is 145 Å². The lowest BCUT2D eigenvalue weighted by atomic mass is 9.67. The molecule has 1 fully saturated rings. The largest absolute Gasteiger partial charge is 0.481 e. The molecule has 1 amide bonds. The summed E-state index contributed by atoms with van der Waals surface area (Å²) in [4.78, 5) is 28.5. The molecule has 0 saturated carbocycles. The number of esters is 1. The molecule has 1 N–H and O–H groups in total. The van der Waals surface area contributed by atoms with Crippen LogP contribution in [0.15, 0.2) is 12.3 Å². The molecule has 25 heavy (non-hydrogen) atoms. The minimum absolute atomic E-state index is 0.00808. The monoisotopic (exact) mass is 354 g/mol. The van der Waals surface area contributed by atoms with Crippen LogP contribution in [0.25, 0.3) is 0 Å². The highest BCUT2D eigenvalue weighted by molar-refractivity contribution is 5.69. The van der Waals surface area contributed by atoms with Crippen LogP contribution in [-0.4, -0.2) is 46.8 Å². The second-order valence-electron chi connectivity index (χ2n) is 7.15. The van der Waals surface area contributed by atoms with E-state index >= 15 is 0 Å². The Hall–Kier alpha value is -2.38. The van der Waals surface area contributed by atoms with Gasteiger partial charge < -0.3 is 14.6 Å². The highest BCUT2D eigenvalue weighted by Crippen LogP contribution is 2.53. The summed E-state index contributed by atoms with van der Waals surface area (Å²) in [7, 11) is 1.39. The van der Waals surface area contributed by atoms with Gasteiger partial charge in [-0.05, 0) is 11.5 Å². The zero-order valence-corrected chi connectivity index (χ0v) is 15.0. The third-order valence-electron chi connectivity index (χ3n) is 4.63. The first-order valence-corrected chi connectivity index (χ1v) is 7.90. The van der Waals surface area contributed by atoms with Crippen molar-refractivity contribution in [3.8, 4) is 5.88 Å². The lowest BCUT2D eigenvalue weighted by molar-refractivity contribution is -0.145. The summed E-state index contributed by atoms with van der Waals surface area (Å²) in [6.45, 7) is 6.81. The molecule has 2 rings (SSSR count). The highest BCUT2D eigenvalue weighted by atomic mass is 19.1. The fraction of sp³-hybridized carbons (Fsp3) is 0.588. The van der Waals surface area contributed by atoms with Crippen molar-refractivity contribution in [3.63, 3.8) is 0 Å². The molecule has 8 heteroatoms. The van der Waals surface area contributed by atoms with Gasteiger partial charge in [-0.3, -0.25) is 9.69 Å². The van der Waals surface area contributed by atoms with E-state index in [0.717, 1.165) is 6.20 Å². The van der Waals surface area contributed by atoms with Gasteiger partial charge in [-0.15, -0.1) is 0 Å². The topological polar surface area (TPSA) is 89.0 Å². The van der Waals surface area contributed by atoms with E-state index in [1.54, 1.807) is 0 Å². The quantitative estimate of drug-likeness (QED) is 0.840. The number of carboxylic acid groups (broad SMARTS) is 1. The molecule has 2 atom stereocenters. The molecule has 7 nitrogen and oxygen atoms in total. The number of rotatable bonds is 3. The Kier molecular flexibility index (Phi) is 4.92. The van der Waals surface area contributed by atoms with Gasteiger partial charge in [0.2, 0.25) is 5.88 Å². The van der Waals surface area contributed by atoms with E-state index in [1.165, 1.54) is 25.0 Å². The Balaban J connectivity index is 2.71. The molecule has 0 radical (unpaired) electrons. The van der Waals surface area contributed by atoms with E-state index in [4.69, 9.17) is 9.47 Å². The maximum absolute atomic E-state index is 14.0. The van der Waals surface area contributed by atoms with Gasteiger partial charge in [-0.1, -0.05) is 20.8 Å². The normalized spacial score (nSPS) is 23.4. The van der Waals surface area contributed by atoms with Crippen LogP contribution in [0.2, 0.25) is 0 Å². The second-order valence-corrected chi connectivity index (χ2v) is 7.15. The van der Waals surface area contributed by atoms with Crippen LogP contribution >= 0.6 is 0 Å². The molecule has 1 aliphatic rings. The molecule has 0 spiro atoms. The van der Waals surface area contributed by atoms with Crippen molar-refractivity contribution in [1.82, 2.24) is 9.88 Å². The Morgan fingerprint density at radius 3 is 2.56 bits per heavy atom. The molecule has 0 aliphatic carbocycles. The van der Waals surface area contributed by atoms with Crippen molar-refractivity contribution < 1.29 is 28.6 Å². The zero-order valence-electron chi connectivity index (χ0n) is 15.0. The van der Waals surface area contributed by atoms with Crippen LogP contribution in [0.4, 0.5) is 9.18 Å². The molecule has 2 heterocycles. The lowest BCUT2D eigenvalue weighted by Gasteiger charge is -2.47. The van der Waals surface area contributed by atoms with Crippen molar-refractivity contribution in [2.24, 2.45) is 5.41 Å². The van der Waals surface area contributed by atoms with Gasteiger partial charge in [0.15, 0.2) is 0 Å². The van der Waals surface area contributed by atoms with Crippen molar-refractivity contribution in [1.29, 1.82) is 0 Å². The van der Waals surface area contributed by atoms with Crippen molar-refractivity contribution >= 4 is 12.1 Å². The van der Waals surface area contributed by atoms with Gasteiger partial charge in [-0.2, -0.15) is 0 Å². The second kappa shape index (κ2) is 6.50. The van der Waals surface area contributed by atoms with E-state index in [0.29, 0.717) is 5.56 Å². The summed E-state index contributed by atoms with van der Waals surface area (Å²) in [6, 6.07) is 1.24. The van der Waals surface area contributed by atoms with Crippen molar-refractivity contribution in [3.05, 3.63) is 23.6 Å². The number of hydrogen-bond donors (Lipinski definition) is 1. The van der Waals surface area contributed by atoms with Gasteiger partial charge in [0, 0.05) is 18.9 Å². The zero-order chi connectivity index (χ0) is 19.0. The van der Waals surface area contributed by atoms with Crippen LogP contribution in [-0.2, 0) is 15.1 Å². The van der Waals surface area contributed by atoms with E-state index in [2.05, 4.69) is 4.98 Å². The number of carbonyl (C=O) groups is 2. The minimum atomic E-state index is -1.18. The predicted octanol–water partition coefficient (Wildman–Crippen LogP) is 2.79. The van der Waals surface area contributed by atoms with Gasteiger partial charge in [-0.25, -0.2) is 14.2 Å². The number of ether oxygens (including phenoxy) is 2. The number of methoxy groups -OCH3 is 1. The van der Waals surface area contributed by atoms with Gasteiger partial charge >= 0.3 is 12.1 Å². The highest BCUT2D eigenvalue weighted by Gasteiger charge is 2.58. The van der Waals surface area contributed by atoms with E-state index in [9.17, 15) is 19.1 Å². The SMILES string of the molecule is COc1ncc(F)cc1[C@]1(C(C)(C)C)CC(OC(C)=O)CN1C(=O)O. The summed E-state index contributed by atoms with van der Waals surface area (Å²) in [6.07, 6.45) is -0.622. The molecular formula is C17H23FN2O5. The van der Waals surface area contributed by atoms with Gasteiger partial charge in [0.1, 0.15) is 11.9 Å². The van der Waals surface area contributed by atoms with Gasteiger partial charge in [0.05, 0.1) is 25.4 Å². The maximum atomic E-state index is 14.0. The molecule has 0 bridgehead atoms. The van der Waals surface area contributed by atoms with E-state index in [1.807, 2.05) is 20.8 Å².